The molecule has 0 aliphatic carbocycles. The largest absolute Gasteiger partial charge is 0.494 e. The van der Waals surface area contributed by atoms with E-state index in [2.05, 4.69) is 15.4 Å². The van der Waals surface area contributed by atoms with Gasteiger partial charge in [-0.1, -0.05) is 12.1 Å². The Labute approximate surface area is 140 Å². The Hall–Kier alpha value is -2.81. The van der Waals surface area contributed by atoms with Gasteiger partial charge in [0.1, 0.15) is 6.61 Å². The van der Waals surface area contributed by atoms with Crippen LogP contribution < -0.4 is 4.74 Å². The summed E-state index contributed by atoms with van der Waals surface area (Å²) in [6, 6.07) is 8.10. The SMILES string of the molecule is COc1ccc(COC(=O)Cn2nnc(-c3cccs3)n2)cc1F. The first-order chi connectivity index (χ1) is 11.7. The second-order valence-corrected chi connectivity index (χ2v) is 5.70. The van der Waals surface area contributed by atoms with Crippen LogP contribution in [0.4, 0.5) is 4.39 Å². The topological polar surface area (TPSA) is 79.1 Å². The Morgan fingerprint density at radius 1 is 1.38 bits per heavy atom. The molecule has 0 N–H and O–H groups in total. The van der Waals surface area contributed by atoms with Gasteiger partial charge < -0.3 is 9.47 Å². The zero-order valence-corrected chi connectivity index (χ0v) is 13.5. The van der Waals surface area contributed by atoms with Crippen LogP contribution in [0.3, 0.4) is 0 Å². The highest BCUT2D eigenvalue weighted by molar-refractivity contribution is 7.13. The summed E-state index contributed by atoms with van der Waals surface area (Å²) in [5.41, 5.74) is 0.521. The number of carbonyl (C=O) groups is 1. The molecule has 7 nitrogen and oxygen atoms in total. The Morgan fingerprint density at radius 2 is 2.25 bits per heavy atom. The number of esters is 1. The summed E-state index contributed by atoms with van der Waals surface area (Å²) in [5.74, 6) is -0.459. The molecule has 0 saturated carbocycles. The van der Waals surface area contributed by atoms with E-state index in [0.717, 1.165) is 9.67 Å². The second kappa shape index (κ2) is 7.18. The molecule has 124 valence electrons. The number of rotatable bonds is 6. The first-order valence-corrected chi connectivity index (χ1v) is 7.83. The Kier molecular flexibility index (Phi) is 4.80. The van der Waals surface area contributed by atoms with Crippen molar-refractivity contribution in [2.75, 3.05) is 7.11 Å². The van der Waals surface area contributed by atoms with Crippen molar-refractivity contribution in [1.29, 1.82) is 0 Å². The highest BCUT2D eigenvalue weighted by Crippen LogP contribution is 2.20. The maximum atomic E-state index is 13.6. The number of methoxy groups -OCH3 is 1. The molecule has 0 fully saturated rings. The van der Waals surface area contributed by atoms with Crippen LogP contribution in [-0.4, -0.2) is 33.3 Å². The third kappa shape index (κ3) is 3.74. The number of benzene rings is 1. The number of hydrogen-bond donors (Lipinski definition) is 0. The number of nitrogens with zero attached hydrogens (tertiary/aromatic N) is 4. The van der Waals surface area contributed by atoms with Crippen LogP contribution in [0, 0.1) is 5.82 Å². The van der Waals surface area contributed by atoms with E-state index in [1.54, 1.807) is 6.07 Å². The Bertz CT molecular complexity index is 835. The smallest absolute Gasteiger partial charge is 0.330 e. The predicted octanol–water partition coefficient (Wildman–Crippen LogP) is 2.29. The second-order valence-electron chi connectivity index (χ2n) is 4.75. The fraction of sp³-hybridized carbons (Fsp3) is 0.200. The van der Waals surface area contributed by atoms with Crippen LogP contribution in [0.1, 0.15) is 5.56 Å². The van der Waals surface area contributed by atoms with Crippen molar-refractivity contribution < 1.29 is 18.7 Å². The molecular formula is C15H13FN4O3S. The van der Waals surface area contributed by atoms with Gasteiger partial charge in [-0.25, -0.2) is 9.18 Å². The molecule has 0 bridgehead atoms. The van der Waals surface area contributed by atoms with Gasteiger partial charge in [0.15, 0.2) is 18.1 Å². The first kappa shape index (κ1) is 16.1. The van der Waals surface area contributed by atoms with E-state index >= 15 is 0 Å². The monoisotopic (exact) mass is 348 g/mol. The molecular weight excluding hydrogens is 335 g/mol. The van der Waals surface area contributed by atoms with Crippen molar-refractivity contribution in [3.05, 3.63) is 47.1 Å². The molecule has 0 radical (unpaired) electrons. The van der Waals surface area contributed by atoms with Crippen molar-refractivity contribution >= 4 is 17.3 Å². The van der Waals surface area contributed by atoms with Gasteiger partial charge in [-0.2, -0.15) is 4.80 Å². The molecule has 0 aliphatic rings. The lowest BCUT2D eigenvalue weighted by Crippen LogP contribution is -2.15. The summed E-state index contributed by atoms with van der Waals surface area (Å²) < 4.78 is 23.5. The van der Waals surface area contributed by atoms with Crippen LogP contribution >= 0.6 is 11.3 Å². The maximum Gasteiger partial charge on any atom is 0.330 e. The molecule has 1 aromatic carbocycles. The molecule has 0 atom stereocenters. The van der Waals surface area contributed by atoms with Gasteiger partial charge in [0.2, 0.25) is 5.82 Å². The minimum atomic E-state index is -0.540. The fourth-order valence-electron chi connectivity index (χ4n) is 1.94. The van der Waals surface area contributed by atoms with Crippen molar-refractivity contribution in [3.8, 4) is 16.5 Å². The zero-order valence-electron chi connectivity index (χ0n) is 12.7. The van der Waals surface area contributed by atoms with E-state index in [0.29, 0.717) is 11.4 Å². The van der Waals surface area contributed by atoms with Gasteiger partial charge in [-0.05, 0) is 34.4 Å². The highest BCUT2D eigenvalue weighted by atomic mass is 32.1. The molecule has 24 heavy (non-hydrogen) atoms. The average molecular weight is 348 g/mol. The zero-order chi connectivity index (χ0) is 16.9. The van der Waals surface area contributed by atoms with Crippen LogP contribution in [0.25, 0.3) is 10.7 Å². The van der Waals surface area contributed by atoms with E-state index in [1.165, 1.54) is 30.6 Å². The molecule has 0 spiro atoms. The lowest BCUT2D eigenvalue weighted by atomic mass is 10.2. The number of hydrogen-bond acceptors (Lipinski definition) is 7. The number of aromatic nitrogens is 4. The van der Waals surface area contributed by atoms with Crippen LogP contribution in [0.15, 0.2) is 35.7 Å². The van der Waals surface area contributed by atoms with Gasteiger partial charge in [0, 0.05) is 0 Å². The Morgan fingerprint density at radius 3 is 2.96 bits per heavy atom. The molecule has 2 aromatic heterocycles. The molecule has 0 unspecified atom stereocenters. The summed E-state index contributed by atoms with van der Waals surface area (Å²) in [4.78, 5) is 13.8. The number of thiophene rings is 1. The normalized spacial score (nSPS) is 10.6. The predicted molar refractivity (Wildman–Crippen MR) is 83.9 cm³/mol. The van der Waals surface area contributed by atoms with E-state index in [1.807, 2.05) is 17.5 Å². The lowest BCUT2D eigenvalue weighted by Gasteiger charge is -2.06. The third-order valence-electron chi connectivity index (χ3n) is 3.08. The average Bonchev–Trinajstić information content (AvgIpc) is 3.24. The number of tetrazole rings is 1. The molecule has 0 aliphatic heterocycles. The molecule has 3 aromatic rings. The number of ether oxygens (including phenoxy) is 2. The van der Waals surface area contributed by atoms with Crippen molar-refractivity contribution in [1.82, 2.24) is 20.2 Å². The van der Waals surface area contributed by atoms with E-state index in [4.69, 9.17) is 9.47 Å². The van der Waals surface area contributed by atoms with Gasteiger partial charge in [-0.15, -0.1) is 21.5 Å². The van der Waals surface area contributed by atoms with E-state index in [9.17, 15) is 9.18 Å². The standard InChI is InChI=1S/C15H13FN4O3S/c1-22-12-5-4-10(7-11(12)16)9-23-14(21)8-20-18-15(17-19-20)13-3-2-6-24-13/h2-7H,8-9H2,1H3. The minimum absolute atomic E-state index is 0.0494. The molecule has 0 saturated heterocycles. The fourth-order valence-corrected chi connectivity index (χ4v) is 2.59. The molecule has 0 amide bonds. The summed E-state index contributed by atoms with van der Waals surface area (Å²) in [6.45, 7) is -0.219. The first-order valence-electron chi connectivity index (χ1n) is 6.95. The van der Waals surface area contributed by atoms with Crippen LogP contribution in [0.2, 0.25) is 0 Å². The maximum absolute atomic E-state index is 13.6. The summed E-state index contributed by atoms with van der Waals surface area (Å²) in [5, 5.41) is 13.7. The lowest BCUT2D eigenvalue weighted by molar-refractivity contribution is -0.146. The summed E-state index contributed by atoms with van der Waals surface area (Å²) in [6.07, 6.45) is 0. The van der Waals surface area contributed by atoms with Gasteiger partial charge in [-0.3, -0.25) is 0 Å². The Balaban J connectivity index is 1.55. The van der Waals surface area contributed by atoms with Crippen molar-refractivity contribution in [2.45, 2.75) is 13.2 Å². The quantitative estimate of drug-likeness (QED) is 0.636. The number of halogens is 1. The van der Waals surface area contributed by atoms with Crippen LogP contribution in [0.5, 0.6) is 5.75 Å². The molecule has 2 heterocycles. The molecule has 9 heteroatoms. The minimum Gasteiger partial charge on any atom is -0.494 e. The third-order valence-corrected chi connectivity index (χ3v) is 3.95. The van der Waals surface area contributed by atoms with Crippen LogP contribution in [-0.2, 0) is 22.7 Å². The summed E-state index contributed by atoms with van der Waals surface area (Å²) >= 11 is 1.48. The van der Waals surface area contributed by atoms with Crippen molar-refractivity contribution in [2.24, 2.45) is 0 Å². The van der Waals surface area contributed by atoms with Crippen molar-refractivity contribution in [3.63, 3.8) is 0 Å². The number of carbonyl (C=O) groups excluding carboxylic acids is 1. The van der Waals surface area contributed by atoms with E-state index in [-0.39, 0.29) is 18.9 Å². The molecule has 3 rings (SSSR count). The van der Waals surface area contributed by atoms with Gasteiger partial charge in [0.05, 0.1) is 12.0 Å². The van der Waals surface area contributed by atoms with Gasteiger partial charge >= 0.3 is 5.97 Å². The van der Waals surface area contributed by atoms with Gasteiger partial charge in [0.25, 0.3) is 0 Å². The highest BCUT2D eigenvalue weighted by Gasteiger charge is 2.11. The van der Waals surface area contributed by atoms with E-state index < -0.39 is 11.8 Å². The summed E-state index contributed by atoms with van der Waals surface area (Å²) in [7, 11) is 1.38.